The van der Waals surface area contributed by atoms with Gasteiger partial charge in [-0.25, -0.2) is 0 Å². The molecule has 0 aromatic rings. The van der Waals surface area contributed by atoms with Crippen molar-refractivity contribution >= 4 is 5.91 Å². The van der Waals surface area contributed by atoms with Crippen LogP contribution in [0.15, 0.2) is 0 Å². The number of carbonyl (C=O) groups is 1. The van der Waals surface area contributed by atoms with Crippen LogP contribution < -0.4 is 5.32 Å². The lowest BCUT2D eigenvalue weighted by molar-refractivity contribution is -0.129. The van der Waals surface area contributed by atoms with E-state index in [1.165, 1.54) is 12.8 Å². The Morgan fingerprint density at radius 2 is 2.06 bits per heavy atom. The van der Waals surface area contributed by atoms with E-state index in [0.717, 1.165) is 12.8 Å². The molecule has 0 aliphatic heterocycles. The highest BCUT2D eigenvalue weighted by atomic mass is 16.3. The van der Waals surface area contributed by atoms with Crippen LogP contribution in [0.25, 0.3) is 0 Å². The molecule has 0 aromatic carbocycles. The number of aliphatic hydroxyl groups excluding tert-OH is 1. The molecular weight excluding hydrogens is 202 g/mol. The minimum Gasteiger partial charge on any atom is -0.392 e. The van der Waals surface area contributed by atoms with Crippen molar-refractivity contribution in [3.8, 4) is 0 Å². The third-order valence-electron chi connectivity index (χ3n) is 3.81. The van der Waals surface area contributed by atoms with Gasteiger partial charge in [-0.3, -0.25) is 4.79 Å². The number of unbranched alkanes of at least 4 members (excludes halogenated alkanes) is 3. The van der Waals surface area contributed by atoms with Crippen molar-refractivity contribution in [2.75, 3.05) is 0 Å². The quantitative estimate of drug-likeness (QED) is 0.684. The Labute approximate surface area is 98.6 Å². The van der Waals surface area contributed by atoms with Gasteiger partial charge in [0.25, 0.3) is 0 Å². The monoisotopic (exact) mass is 227 g/mol. The minimum absolute atomic E-state index is 0.140. The smallest absolute Gasteiger partial charge is 0.220 e. The first-order valence-corrected chi connectivity index (χ1v) is 6.46. The summed E-state index contributed by atoms with van der Waals surface area (Å²) in [5, 5.41) is 12.6. The maximum Gasteiger partial charge on any atom is 0.220 e. The van der Waals surface area contributed by atoms with Crippen LogP contribution in [0.2, 0.25) is 0 Å². The minimum atomic E-state index is -0.266. The average molecular weight is 227 g/mol. The van der Waals surface area contributed by atoms with Crippen LogP contribution >= 0.6 is 0 Å². The molecule has 2 N–H and O–H groups in total. The van der Waals surface area contributed by atoms with Crippen molar-refractivity contribution in [1.29, 1.82) is 0 Å². The maximum atomic E-state index is 11.6. The van der Waals surface area contributed by atoms with Crippen LogP contribution in [0.4, 0.5) is 0 Å². The Balaban J connectivity index is 2.16. The van der Waals surface area contributed by atoms with Crippen LogP contribution in [-0.4, -0.2) is 23.2 Å². The van der Waals surface area contributed by atoms with E-state index in [1.807, 2.05) is 13.8 Å². The molecule has 1 aliphatic rings. The first kappa shape index (κ1) is 13.5. The molecule has 2 atom stereocenters. The lowest BCUT2D eigenvalue weighted by Gasteiger charge is -2.49. The van der Waals surface area contributed by atoms with E-state index in [2.05, 4.69) is 12.2 Å². The molecule has 0 bridgehead atoms. The number of hydrogen-bond donors (Lipinski definition) is 2. The summed E-state index contributed by atoms with van der Waals surface area (Å²) in [7, 11) is 0. The number of rotatable bonds is 6. The van der Waals surface area contributed by atoms with E-state index in [0.29, 0.717) is 12.8 Å². The van der Waals surface area contributed by atoms with E-state index >= 15 is 0 Å². The first-order valence-electron chi connectivity index (χ1n) is 6.46. The predicted octanol–water partition coefficient (Wildman–Crippen LogP) is 2.23. The molecule has 3 nitrogen and oxygen atoms in total. The van der Waals surface area contributed by atoms with Crippen molar-refractivity contribution in [3.05, 3.63) is 0 Å². The summed E-state index contributed by atoms with van der Waals surface area (Å²) in [5.41, 5.74) is -0.154. The van der Waals surface area contributed by atoms with Crippen LogP contribution in [0.1, 0.15) is 59.3 Å². The zero-order chi connectivity index (χ0) is 12.2. The van der Waals surface area contributed by atoms with Crippen molar-refractivity contribution < 1.29 is 9.90 Å². The predicted molar refractivity (Wildman–Crippen MR) is 65.1 cm³/mol. The van der Waals surface area contributed by atoms with Crippen LogP contribution in [0.5, 0.6) is 0 Å². The van der Waals surface area contributed by atoms with Crippen LogP contribution in [0.3, 0.4) is 0 Å². The summed E-state index contributed by atoms with van der Waals surface area (Å²) in [5.74, 6) is 0.140. The summed E-state index contributed by atoms with van der Waals surface area (Å²) in [6.07, 6.45) is 5.59. The van der Waals surface area contributed by atoms with E-state index in [-0.39, 0.29) is 23.5 Å². The maximum absolute atomic E-state index is 11.6. The van der Waals surface area contributed by atoms with Crippen molar-refractivity contribution in [2.24, 2.45) is 5.41 Å². The third kappa shape index (κ3) is 3.21. The molecule has 0 spiro atoms. The highest BCUT2D eigenvalue weighted by Crippen LogP contribution is 2.40. The Kier molecular flexibility index (Phi) is 4.78. The molecule has 2 unspecified atom stereocenters. The summed E-state index contributed by atoms with van der Waals surface area (Å²) in [4.78, 5) is 11.6. The number of hydrogen-bond acceptors (Lipinski definition) is 2. The fourth-order valence-electron chi connectivity index (χ4n) is 2.13. The first-order chi connectivity index (χ1) is 7.48. The lowest BCUT2D eigenvalue weighted by Crippen LogP contribution is -2.61. The normalized spacial score (nSPS) is 27.2. The molecule has 0 saturated heterocycles. The molecule has 0 heterocycles. The zero-order valence-electron chi connectivity index (χ0n) is 10.8. The molecule has 94 valence electrons. The molecule has 1 saturated carbocycles. The van der Waals surface area contributed by atoms with Gasteiger partial charge in [0, 0.05) is 17.9 Å². The zero-order valence-corrected chi connectivity index (χ0v) is 10.8. The highest BCUT2D eigenvalue weighted by molar-refractivity contribution is 5.76. The van der Waals surface area contributed by atoms with Gasteiger partial charge in [0.1, 0.15) is 0 Å². The molecule has 3 heteroatoms. The summed E-state index contributed by atoms with van der Waals surface area (Å²) < 4.78 is 0. The van der Waals surface area contributed by atoms with Gasteiger partial charge in [-0.2, -0.15) is 0 Å². The molecule has 1 aliphatic carbocycles. The van der Waals surface area contributed by atoms with Gasteiger partial charge in [0.15, 0.2) is 0 Å². The molecule has 1 amide bonds. The summed E-state index contributed by atoms with van der Waals surface area (Å²) >= 11 is 0. The standard InChI is InChI=1S/C13H25NO2/c1-4-5-6-7-8-12(16)14-10-9-11(15)13(10,2)3/h10-11,15H,4-9H2,1-3H3,(H,14,16). The van der Waals surface area contributed by atoms with E-state index in [1.54, 1.807) is 0 Å². The van der Waals surface area contributed by atoms with Gasteiger partial charge in [-0.05, 0) is 12.8 Å². The van der Waals surface area contributed by atoms with Gasteiger partial charge in [-0.15, -0.1) is 0 Å². The number of amides is 1. The SMILES string of the molecule is CCCCCCC(=O)NC1CC(O)C1(C)C. The van der Waals surface area contributed by atoms with Gasteiger partial charge in [0.2, 0.25) is 5.91 Å². The summed E-state index contributed by atoms with van der Waals surface area (Å²) in [6, 6.07) is 0.154. The third-order valence-corrected chi connectivity index (χ3v) is 3.81. The number of aliphatic hydroxyl groups is 1. The highest BCUT2D eigenvalue weighted by Gasteiger charge is 2.47. The van der Waals surface area contributed by atoms with Gasteiger partial charge >= 0.3 is 0 Å². The molecule has 0 radical (unpaired) electrons. The van der Waals surface area contributed by atoms with Crippen molar-refractivity contribution in [2.45, 2.75) is 71.4 Å². The second-order valence-corrected chi connectivity index (χ2v) is 5.50. The van der Waals surface area contributed by atoms with Gasteiger partial charge < -0.3 is 10.4 Å². The molecular formula is C13H25NO2. The topological polar surface area (TPSA) is 49.3 Å². The van der Waals surface area contributed by atoms with Gasteiger partial charge in [0.05, 0.1) is 6.10 Å². The summed E-state index contributed by atoms with van der Waals surface area (Å²) in [6.45, 7) is 6.17. The van der Waals surface area contributed by atoms with E-state index in [4.69, 9.17) is 0 Å². The number of carbonyl (C=O) groups excluding carboxylic acids is 1. The molecule has 1 fully saturated rings. The van der Waals surface area contributed by atoms with Gasteiger partial charge in [-0.1, -0.05) is 40.0 Å². The molecule has 16 heavy (non-hydrogen) atoms. The molecule has 1 rings (SSSR count). The lowest BCUT2D eigenvalue weighted by atomic mass is 9.64. The van der Waals surface area contributed by atoms with Crippen molar-refractivity contribution in [3.63, 3.8) is 0 Å². The Hall–Kier alpha value is -0.570. The van der Waals surface area contributed by atoms with Crippen molar-refractivity contribution in [1.82, 2.24) is 5.32 Å². The fourth-order valence-corrected chi connectivity index (χ4v) is 2.13. The average Bonchev–Trinajstić information content (AvgIpc) is 2.24. The second-order valence-electron chi connectivity index (χ2n) is 5.50. The van der Waals surface area contributed by atoms with E-state index in [9.17, 15) is 9.90 Å². The second kappa shape index (κ2) is 5.67. The number of nitrogens with one attached hydrogen (secondary N) is 1. The molecule has 0 aromatic heterocycles. The van der Waals surface area contributed by atoms with E-state index < -0.39 is 0 Å². The fraction of sp³-hybridized carbons (Fsp3) is 0.923. The van der Waals surface area contributed by atoms with Crippen LogP contribution in [-0.2, 0) is 4.79 Å². The Bertz CT molecular complexity index is 238. The Morgan fingerprint density at radius 1 is 1.38 bits per heavy atom. The largest absolute Gasteiger partial charge is 0.392 e. The Morgan fingerprint density at radius 3 is 2.56 bits per heavy atom. The van der Waals surface area contributed by atoms with Crippen LogP contribution in [0, 0.1) is 5.41 Å².